The number of carboxylic acids is 2. The lowest BCUT2D eigenvalue weighted by molar-refractivity contribution is -0.140. The van der Waals surface area contributed by atoms with E-state index < -0.39 is 24.0 Å². The summed E-state index contributed by atoms with van der Waals surface area (Å²) in [6.45, 7) is 0.335. The van der Waals surface area contributed by atoms with Crippen molar-refractivity contribution in [2.45, 2.75) is 31.7 Å². The van der Waals surface area contributed by atoms with Crippen molar-refractivity contribution in [1.29, 1.82) is 0 Å². The Morgan fingerprint density at radius 3 is 2.44 bits per heavy atom. The van der Waals surface area contributed by atoms with Crippen molar-refractivity contribution in [3.8, 4) is 12.3 Å². The number of carbonyl (C=O) groups is 3. The quantitative estimate of drug-likeness (QED) is 0.361. The minimum absolute atomic E-state index is 0.164. The summed E-state index contributed by atoms with van der Waals surface area (Å²) in [4.78, 5) is 32.4. The SMILES string of the molecule is C#CCCCNC(=O)NC(CCC(=O)O)C(=O)O. The highest BCUT2D eigenvalue weighted by Gasteiger charge is 2.20. The highest BCUT2D eigenvalue weighted by molar-refractivity contribution is 5.82. The summed E-state index contributed by atoms with van der Waals surface area (Å²) in [6, 6.07) is -1.86. The highest BCUT2D eigenvalue weighted by Crippen LogP contribution is 1.98. The highest BCUT2D eigenvalue weighted by atomic mass is 16.4. The molecule has 4 N–H and O–H groups in total. The average molecular weight is 256 g/mol. The van der Waals surface area contributed by atoms with E-state index in [1.54, 1.807) is 0 Å². The number of nitrogens with one attached hydrogen (secondary N) is 2. The molecular formula is C11H16N2O5. The molecule has 0 saturated heterocycles. The third-order valence-electron chi connectivity index (χ3n) is 2.03. The minimum Gasteiger partial charge on any atom is -0.481 e. The number of urea groups is 1. The van der Waals surface area contributed by atoms with Gasteiger partial charge in [-0.1, -0.05) is 0 Å². The van der Waals surface area contributed by atoms with Crippen LogP contribution in [-0.4, -0.2) is 40.8 Å². The molecule has 0 aliphatic heterocycles. The molecule has 0 aromatic heterocycles. The predicted octanol–water partition coefficient (Wildman–Crippen LogP) is 0.0170. The van der Waals surface area contributed by atoms with Gasteiger partial charge in [0.2, 0.25) is 0 Å². The molecule has 1 unspecified atom stereocenters. The van der Waals surface area contributed by atoms with Crippen molar-refractivity contribution in [3.63, 3.8) is 0 Å². The lowest BCUT2D eigenvalue weighted by atomic mass is 10.1. The second kappa shape index (κ2) is 8.87. The summed E-state index contributed by atoms with van der Waals surface area (Å²) in [5.41, 5.74) is 0. The summed E-state index contributed by atoms with van der Waals surface area (Å²) in [5, 5.41) is 21.8. The van der Waals surface area contributed by atoms with Gasteiger partial charge in [-0.15, -0.1) is 12.3 Å². The standard InChI is InChI=1S/C11H16N2O5/c1-2-3-4-7-12-11(18)13-8(10(16)17)5-6-9(14)15/h1,8H,3-7H2,(H,14,15)(H,16,17)(H2,12,13,18). The van der Waals surface area contributed by atoms with E-state index in [-0.39, 0.29) is 12.8 Å². The fraction of sp³-hybridized carbons (Fsp3) is 0.545. The molecule has 7 nitrogen and oxygen atoms in total. The van der Waals surface area contributed by atoms with Crippen LogP contribution in [-0.2, 0) is 9.59 Å². The van der Waals surface area contributed by atoms with Crippen LogP contribution in [0.1, 0.15) is 25.7 Å². The van der Waals surface area contributed by atoms with Crippen LogP contribution in [0.3, 0.4) is 0 Å². The minimum atomic E-state index is -1.27. The molecule has 0 radical (unpaired) electrons. The zero-order chi connectivity index (χ0) is 14.0. The van der Waals surface area contributed by atoms with Crippen LogP contribution in [0, 0.1) is 12.3 Å². The summed E-state index contributed by atoms with van der Waals surface area (Å²) in [6.07, 6.45) is 5.64. The van der Waals surface area contributed by atoms with Gasteiger partial charge >= 0.3 is 18.0 Å². The van der Waals surface area contributed by atoms with Crippen LogP contribution in [0.4, 0.5) is 4.79 Å². The normalized spacial score (nSPS) is 11.1. The first-order valence-corrected chi connectivity index (χ1v) is 5.39. The third-order valence-corrected chi connectivity index (χ3v) is 2.03. The fourth-order valence-electron chi connectivity index (χ4n) is 1.13. The number of terminal acetylenes is 1. The summed E-state index contributed by atoms with van der Waals surface area (Å²) >= 11 is 0. The first-order valence-electron chi connectivity index (χ1n) is 5.39. The molecule has 0 aromatic rings. The van der Waals surface area contributed by atoms with Crippen molar-refractivity contribution in [2.24, 2.45) is 0 Å². The van der Waals surface area contributed by atoms with Gasteiger partial charge in [0, 0.05) is 19.4 Å². The summed E-state index contributed by atoms with van der Waals surface area (Å²) < 4.78 is 0. The van der Waals surface area contributed by atoms with Crippen molar-refractivity contribution >= 4 is 18.0 Å². The van der Waals surface area contributed by atoms with Gasteiger partial charge < -0.3 is 20.8 Å². The smallest absolute Gasteiger partial charge is 0.326 e. The Morgan fingerprint density at radius 1 is 1.28 bits per heavy atom. The van der Waals surface area contributed by atoms with Crippen molar-refractivity contribution in [2.75, 3.05) is 6.54 Å². The Labute approximate surface area is 105 Å². The molecule has 0 fully saturated rings. The molecule has 0 heterocycles. The van der Waals surface area contributed by atoms with E-state index in [0.717, 1.165) is 0 Å². The lowest BCUT2D eigenvalue weighted by Gasteiger charge is -2.14. The van der Waals surface area contributed by atoms with Crippen LogP contribution >= 0.6 is 0 Å². The second-order valence-corrected chi connectivity index (χ2v) is 3.53. The van der Waals surface area contributed by atoms with Crippen LogP contribution in [0.2, 0.25) is 0 Å². The van der Waals surface area contributed by atoms with E-state index in [4.69, 9.17) is 16.6 Å². The van der Waals surface area contributed by atoms with Gasteiger partial charge in [-0.05, 0) is 12.8 Å². The molecule has 0 aromatic carbocycles. The Kier molecular flexibility index (Phi) is 7.77. The molecule has 0 aliphatic carbocycles. The zero-order valence-corrected chi connectivity index (χ0v) is 9.81. The van der Waals surface area contributed by atoms with Crippen molar-refractivity contribution in [3.05, 3.63) is 0 Å². The number of carboxylic acid groups (broad SMARTS) is 2. The predicted molar refractivity (Wildman–Crippen MR) is 62.9 cm³/mol. The Bertz CT molecular complexity index is 348. The largest absolute Gasteiger partial charge is 0.481 e. The number of aliphatic carboxylic acids is 2. The van der Waals surface area contributed by atoms with E-state index in [9.17, 15) is 14.4 Å². The molecule has 18 heavy (non-hydrogen) atoms. The van der Waals surface area contributed by atoms with Gasteiger partial charge in [-0.2, -0.15) is 0 Å². The number of rotatable bonds is 8. The first kappa shape index (κ1) is 15.8. The van der Waals surface area contributed by atoms with E-state index >= 15 is 0 Å². The molecule has 7 heteroatoms. The molecule has 0 spiro atoms. The van der Waals surface area contributed by atoms with Gasteiger partial charge in [-0.3, -0.25) is 4.79 Å². The van der Waals surface area contributed by atoms with Gasteiger partial charge in [0.1, 0.15) is 6.04 Å². The van der Waals surface area contributed by atoms with Crippen LogP contribution in [0.25, 0.3) is 0 Å². The number of carbonyl (C=O) groups excluding carboxylic acids is 1. The van der Waals surface area contributed by atoms with Crippen molar-refractivity contribution in [1.82, 2.24) is 10.6 Å². The van der Waals surface area contributed by atoms with Gasteiger partial charge in [0.15, 0.2) is 0 Å². The van der Waals surface area contributed by atoms with Gasteiger partial charge in [-0.25, -0.2) is 9.59 Å². The zero-order valence-electron chi connectivity index (χ0n) is 9.81. The monoisotopic (exact) mass is 256 g/mol. The topological polar surface area (TPSA) is 116 Å². The van der Waals surface area contributed by atoms with Crippen LogP contribution in [0.15, 0.2) is 0 Å². The molecule has 0 saturated carbocycles. The summed E-state index contributed by atoms with van der Waals surface area (Å²) in [7, 11) is 0. The van der Waals surface area contributed by atoms with Gasteiger partial charge in [0.25, 0.3) is 0 Å². The summed E-state index contributed by atoms with van der Waals surface area (Å²) in [5.74, 6) is 0.0202. The maximum absolute atomic E-state index is 11.3. The molecule has 1 atom stereocenters. The van der Waals surface area contributed by atoms with Crippen molar-refractivity contribution < 1.29 is 24.6 Å². The molecular weight excluding hydrogens is 240 g/mol. The second-order valence-electron chi connectivity index (χ2n) is 3.53. The fourth-order valence-corrected chi connectivity index (χ4v) is 1.13. The Hall–Kier alpha value is -2.23. The third kappa shape index (κ3) is 7.98. The molecule has 100 valence electrons. The van der Waals surface area contributed by atoms with E-state index in [1.165, 1.54) is 0 Å². The van der Waals surface area contributed by atoms with Gasteiger partial charge in [0.05, 0.1) is 0 Å². The lowest BCUT2D eigenvalue weighted by Crippen LogP contribution is -2.46. The Morgan fingerprint density at radius 2 is 1.94 bits per heavy atom. The van der Waals surface area contributed by atoms with Crippen LogP contribution < -0.4 is 10.6 Å². The maximum Gasteiger partial charge on any atom is 0.326 e. The molecule has 0 aliphatic rings. The number of hydrogen-bond acceptors (Lipinski definition) is 3. The maximum atomic E-state index is 11.3. The van der Waals surface area contributed by atoms with E-state index in [1.807, 2.05) is 0 Å². The first-order chi connectivity index (χ1) is 8.47. The number of amides is 2. The number of unbranched alkanes of at least 4 members (excludes halogenated alkanes) is 1. The molecule has 0 bridgehead atoms. The molecule has 0 rings (SSSR count). The van der Waals surface area contributed by atoms with Crippen LogP contribution in [0.5, 0.6) is 0 Å². The average Bonchev–Trinajstić information content (AvgIpc) is 2.29. The molecule has 2 amide bonds. The van der Waals surface area contributed by atoms with E-state index in [2.05, 4.69) is 16.6 Å². The Balaban J connectivity index is 4.00. The number of hydrogen-bond donors (Lipinski definition) is 4. The van der Waals surface area contributed by atoms with E-state index in [0.29, 0.717) is 19.4 Å².